The zero-order chi connectivity index (χ0) is 14.0. The molecule has 0 radical (unpaired) electrons. The van der Waals surface area contributed by atoms with Gasteiger partial charge in [0.15, 0.2) is 0 Å². The summed E-state index contributed by atoms with van der Waals surface area (Å²) < 4.78 is 4.95. The molecular weight excluding hydrogens is 262 g/mol. The van der Waals surface area contributed by atoms with Crippen LogP contribution in [0.4, 0.5) is 0 Å². The molecule has 5 heteroatoms. The fourth-order valence-electron chi connectivity index (χ4n) is 2.12. The Balaban J connectivity index is 2.04. The zero-order valence-electron chi connectivity index (χ0n) is 11.2. The summed E-state index contributed by atoms with van der Waals surface area (Å²) in [6, 6.07) is 4.04. The number of thiophene rings is 1. The minimum absolute atomic E-state index is 0.0120. The van der Waals surface area contributed by atoms with Gasteiger partial charge in [-0.2, -0.15) is 0 Å². The summed E-state index contributed by atoms with van der Waals surface area (Å²) in [4.78, 5) is 13.5. The van der Waals surface area contributed by atoms with Gasteiger partial charge in [-0.05, 0) is 38.5 Å². The van der Waals surface area contributed by atoms with Gasteiger partial charge in [-0.25, -0.2) is 4.79 Å². The lowest BCUT2D eigenvalue weighted by atomic mass is 10.1. The maximum atomic E-state index is 10.9. The summed E-state index contributed by atoms with van der Waals surface area (Å²) in [6.07, 6.45) is 1.41. The quantitative estimate of drug-likeness (QED) is 0.879. The fraction of sp³-hybridized carbons (Fsp3) is 0.357. The second-order valence-electron chi connectivity index (χ2n) is 4.55. The average Bonchev–Trinajstić information content (AvgIpc) is 2.92. The van der Waals surface area contributed by atoms with Crippen molar-refractivity contribution in [3.63, 3.8) is 0 Å². The van der Waals surface area contributed by atoms with Crippen LogP contribution in [0.2, 0.25) is 0 Å². The van der Waals surface area contributed by atoms with Crippen LogP contribution in [0.15, 0.2) is 22.8 Å². The summed E-state index contributed by atoms with van der Waals surface area (Å²) in [5.41, 5.74) is 1.94. The van der Waals surface area contributed by atoms with E-state index in [9.17, 15) is 4.79 Å². The summed E-state index contributed by atoms with van der Waals surface area (Å²) in [5.74, 6) is -1.02. The van der Waals surface area contributed by atoms with E-state index in [2.05, 4.69) is 32.2 Å². The molecule has 0 aliphatic carbocycles. The largest absolute Gasteiger partial charge is 0.475 e. The van der Waals surface area contributed by atoms with E-state index in [0.717, 1.165) is 0 Å². The van der Waals surface area contributed by atoms with E-state index in [1.165, 1.54) is 21.6 Å². The van der Waals surface area contributed by atoms with Gasteiger partial charge in [0.1, 0.15) is 0 Å². The highest BCUT2D eigenvalue weighted by Crippen LogP contribution is 2.26. The van der Waals surface area contributed by atoms with Crippen LogP contribution in [-0.2, 0) is 6.54 Å². The summed E-state index contributed by atoms with van der Waals surface area (Å²) in [7, 11) is 0. The number of furan rings is 1. The summed E-state index contributed by atoms with van der Waals surface area (Å²) >= 11 is 1.78. The van der Waals surface area contributed by atoms with E-state index in [1.807, 2.05) is 0 Å². The smallest absolute Gasteiger partial charge is 0.372 e. The van der Waals surface area contributed by atoms with E-state index < -0.39 is 5.97 Å². The van der Waals surface area contributed by atoms with Crippen molar-refractivity contribution in [1.29, 1.82) is 0 Å². The van der Waals surface area contributed by atoms with Crippen molar-refractivity contribution in [3.05, 3.63) is 45.0 Å². The first kappa shape index (κ1) is 13.8. The number of aromatic carboxylic acids is 1. The molecule has 0 aliphatic heterocycles. The van der Waals surface area contributed by atoms with Crippen molar-refractivity contribution in [2.24, 2.45) is 0 Å². The van der Waals surface area contributed by atoms with Gasteiger partial charge in [-0.1, -0.05) is 0 Å². The molecule has 0 fully saturated rings. The van der Waals surface area contributed by atoms with E-state index in [1.54, 1.807) is 17.4 Å². The van der Waals surface area contributed by atoms with Crippen molar-refractivity contribution in [2.75, 3.05) is 0 Å². The van der Waals surface area contributed by atoms with Crippen molar-refractivity contribution >= 4 is 17.3 Å². The molecule has 0 saturated carbocycles. The molecule has 0 aromatic carbocycles. The maximum Gasteiger partial charge on any atom is 0.372 e. The van der Waals surface area contributed by atoms with Gasteiger partial charge < -0.3 is 14.8 Å². The first-order valence-corrected chi connectivity index (χ1v) is 6.90. The Bertz CT molecular complexity index is 585. The van der Waals surface area contributed by atoms with Crippen LogP contribution in [-0.4, -0.2) is 11.1 Å². The molecule has 0 amide bonds. The van der Waals surface area contributed by atoms with E-state index >= 15 is 0 Å². The molecule has 2 N–H and O–H groups in total. The van der Waals surface area contributed by atoms with Gasteiger partial charge in [0.25, 0.3) is 0 Å². The van der Waals surface area contributed by atoms with Crippen LogP contribution in [0.5, 0.6) is 0 Å². The predicted molar refractivity (Wildman–Crippen MR) is 74.7 cm³/mol. The number of nitrogens with one attached hydrogen (secondary N) is 1. The number of carbonyl (C=O) groups is 1. The highest BCUT2D eigenvalue weighted by Gasteiger charge is 2.16. The third kappa shape index (κ3) is 3.05. The van der Waals surface area contributed by atoms with E-state index in [4.69, 9.17) is 9.52 Å². The number of hydrogen-bond donors (Lipinski definition) is 2. The van der Waals surface area contributed by atoms with Crippen LogP contribution in [0, 0.1) is 13.8 Å². The zero-order valence-corrected chi connectivity index (χ0v) is 12.0. The minimum Gasteiger partial charge on any atom is -0.475 e. The molecule has 1 unspecified atom stereocenters. The van der Waals surface area contributed by atoms with Gasteiger partial charge in [0, 0.05) is 27.9 Å². The van der Waals surface area contributed by atoms with Crippen LogP contribution in [0.3, 0.4) is 0 Å². The third-order valence-corrected chi connectivity index (χ3v) is 4.07. The molecule has 0 spiro atoms. The SMILES string of the molecule is Cc1cc(C(C)NCc2ccoc2C(=O)O)c(C)s1. The number of aryl methyl sites for hydroxylation is 2. The number of rotatable bonds is 5. The number of carboxylic acid groups (broad SMARTS) is 1. The Kier molecular flexibility index (Phi) is 4.07. The monoisotopic (exact) mass is 279 g/mol. The number of carboxylic acids is 1. The van der Waals surface area contributed by atoms with Crippen molar-refractivity contribution in [1.82, 2.24) is 5.32 Å². The first-order valence-electron chi connectivity index (χ1n) is 6.09. The van der Waals surface area contributed by atoms with E-state index in [0.29, 0.717) is 12.1 Å². The lowest BCUT2D eigenvalue weighted by Gasteiger charge is -2.13. The molecule has 0 bridgehead atoms. The Labute approximate surface area is 116 Å². The molecule has 102 valence electrons. The van der Waals surface area contributed by atoms with E-state index in [-0.39, 0.29) is 11.8 Å². The van der Waals surface area contributed by atoms with Gasteiger partial charge >= 0.3 is 5.97 Å². The van der Waals surface area contributed by atoms with Gasteiger partial charge in [0.05, 0.1) is 6.26 Å². The fourth-order valence-corrected chi connectivity index (χ4v) is 3.14. The molecule has 2 heterocycles. The second-order valence-corrected chi connectivity index (χ2v) is 6.01. The average molecular weight is 279 g/mol. The first-order chi connectivity index (χ1) is 8.99. The molecule has 2 aromatic heterocycles. The summed E-state index contributed by atoms with van der Waals surface area (Å²) in [5, 5.41) is 12.3. The second kappa shape index (κ2) is 5.59. The molecule has 4 nitrogen and oxygen atoms in total. The maximum absolute atomic E-state index is 10.9. The normalized spacial score (nSPS) is 12.6. The lowest BCUT2D eigenvalue weighted by Crippen LogP contribution is -2.19. The van der Waals surface area contributed by atoms with Crippen molar-refractivity contribution < 1.29 is 14.3 Å². The molecule has 2 rings (SSSR count). The molecule has 0 saturated heterocycles. The van der Waals surface area contributed by atoms with Gasteiger partial charge in [-0.15, -0.1) is 11.3 Å². The van der Waals surface area contributed by atoms with Crippen LogP contribution in [0.25, 0.3) is 0 Å². The number of hydrogen-bond acceptors (Lipinski definition) is 4. The van der Waals surface area contributed by atoms with Gasteiger partial charge in [-0.3, -0.25) is 0 Å². The minimum atomic E-state index is -1.03. The molecule has 19 heavy (non-hydrogen) atoms. The van der Waals surface area contributed by atoms with Crippen LogP contribution >= 0.6 is 11.3 Å². The van der Waals surface area contributed by atoms with Crippen LogP contribution < -0.4 is 5.32 Å². The standard InChI is InChI=1S/C14H17NO3S/c1-8-6-12(10(3)19-8)9(2)15-7-11-4-5-18-13(11)14(16)17/h4-6,9,15H,7H2,1-3H3,(H,16,17). The highest BCUT2D eigenvalue weighted by atomic mass is 32.1. The molecular formula is C14H17NO3S. The topological polar surface area (TPSA) is 62.5 Å². The molecule has 2 aromatic rings. The Morgan fingerprint density at radius 1 is 1.53 bits per heavy atom. The molecule has 0 aliphatic rings. The highest BCUT2D eigenvalue weighted by molar-refractivity contribution is 7.12. The Hall–Kier alpha value is -1.59. The summed E-state index contributed by atoms with van der Waals surface area (Å²) in [6.45, 7) is 6.75. The van der Waals surface area contributed by atoms with Gasteiger partial charge in [0.2, 0.25) is 5.76 Å². The Morgan fingerprint density at radius 3 is 2.84 bits per heavy atom. The lowest BCUT2D eigenvalue weighted by molar-refractivity contribution is 0.0660. The Morgan fingerprint density at radius 2 is 2.26 bits per heavy atom. The van der Waals surface area contributed by atoms with Crippen molar-refractivity contribution in [3.8, 4) is 0 Å². The predicted octanol–water partition coefficient (Wildman–Crippen LogP) is 3.51. The van der Waals surface area contributed by atoms with Crippen LogP contribution in [0.1, 0.15) is 44.4 Å². The molecule has 1 atom stereocenters. The third-order valence-electron chi connectivity index (χ3n) is 3.09. The van der Waals surface area contributed by atoms with Crippen molar-refractivity contribution in [2.45, 2.75) is 33.4 Å².